The van der Waals surface area contributed by atoms with E-state index in [4.69, 9.17) is 16.3 Å². The monoisotopic (exact) mass is 360 g/mol. The van der Waals surface area contributed by atoms with Crippen LogP contribution in [-0.2, 0) is 0 Å². The summed E-state index contributed by atoms with van der Waals surface area (Å²) in [6.07, 6.45) is -7.03. The van der Waals surface area contributed by atoms with Gasteiger partial charge in [-0.3, -0.25) is 0 Å². The van der Waals surface area contributed by atoms with Gasteiger partial charge < -0.3 is 9.84 Å². The van der Waals surface area contributed by atoms with E-state index in [-0.39, 0.29) is 5.56 Å². The minimum atomic E-state index is -4.98. The van der Waals surface area contributed by atoms with Crippen LogP contribution in [0, 0.1) is 0 Å². The van der Waals surface area contributed by atoms with Crippen molar-refractivity contribution in [2.45, 2.75) is 12.3 Å². The number of alkyl halides is 3. The maximum Gasteiger partial charge on any atom is 0.419 e. The van der Waals surface area contributed by atoms with Crippen LogP contribution in [0.25, 0.3) is 5.57 Å². The predicted octanol–water partition coefficient (Wildman–Crippen LogP) is 5.33. The van der Waals surface area contributed by atoms with Crippen molar-refractivity contribution in [2.24, 2.45) is 0 Å². The van der Waals surface area contributed by atoms with Crippen LogP contribution in [0.3, 0.4) is 0 Å². The average Bonchev–Trinajstić information content (AvgIpc) is 2.54. The second-order valence-electron chi connectivity index (χ2n) is 4.90. The lowest BCUT2D eigenvalue weighted by molar-refractivity contribution is -0.0711. The van der Waals surface area contributed by atoms with Crippen LogP contribution in [0.1, 0.15) is 17.2 Å². The Kier molecular flexibility index (Phi) is 5.51. The van der Waals surface area contributed by atoms with Crippen molar-refractivity contribution in [1.82, 2.24) is 0 Å². The molecule has 7 heteroatoms. The fourth-order valence-corrected chi connectivity index (χ4v) is 2.25. The van der Waals surface area contributed by atoms with Crippen LogP contribution in [0.4, 0.5) is 17.6 Å². The van der Waals surface area contributed by atoms with Crippen LogP contribution < -0.4 is 4.74 Å². The van der Waals surface area contributed by atoms with Crippen LogP contribution in [0.2, 0.25) is 5.02 Å². The third-order valence-electron chi connectivity index (χ3n) is 3.33. The van der Waals surface area contributed by atoms with Gasteiger partial charge in [0.2, 0.25) is 0 Å². The molecular weight excluding hydrogens is 348 g/mol. The lowest BCUT2D eigenvalue weighted by Crippen LogP contribution is -2.15. The summed E-state index contributed by atoms with van der Waals surface area (Å²) in [6.45, 7) is 0. The van der Waals surface area contributed by atoms with Crippen molar-refractivity contribution in [3.05, 3.63) is 70.5 Å². The zero-order valence-electron chi connectivity index (χ0n) is 12.4. The van der Waals surface area contributed by atoms with Gasteiger partial charge in [-0.25, -0.2) is 4.39 Å². The Morgan fingerprint density at radius 2 is 1.58 bits per heavy atom. The van der Waals surface area contributed by atoms with Gasteiger partial charge in [0.1, 0.15) is 17.7 Å². The van der Waals surface area contributed by atoms with E-state index in [1.165, 1.54) is 43.5 Å². The Morgan fingerprint density at radius 1 is 1.04 bits per heavy atom. The van der Waals surface area contributed by atoms with E-state index >= 15 is 0 Å². The van der Waals surface area contributed by atoms with E-state index in [0.29, 0.717) is 10.8 Å². The van der Waals surface area contributed by atoms with Gasteiger partial charge in [-0.15, -0.1) is 0 Å². The maximum atomic E-state index is 14.5. The van der Waals surface area contributed by atoms with E-state index in [1.807, 2.05) is 0 Å². The molecule has 0 aliphatic carbocycles. The Morgan fingerprint density at radius 3 is 2.04 bits per heavy atom. The number of aliphatic hydroxyl groups is 1. The minimum Gasteiger partial charge on any atom is -0.497 e. The third kappa shape index (κ3) is 4.07. The summed E-state index contributed by atoms with van der Waals surface area (Å²) >= 11 is 5.68. The van der Waals surface area contributed by atoms with Gasteiger partial charge >= 0.3 is 6.18 Å². The number of rotatable bonds is 4. The van der Waals surface area contributed by atoms with Gasteiger partial charge in [-0.2, -0.15) is 13.2 Å². The normalized spacial score (nSPS) is 14.1. The first-order chi connectivity index (χ1) is 11.2. The van der Waals surface area contributed by atoms with Crippen LogP contribution in [0.15, 0.2) is 54.4 Å². The highest BCUT2D eigenvalue weighted by atomic mass is 35.5. The van der Waals surface area contributed by atoms with Gasteiger partial charge in [0.25, 0.3) is 0 Å². The molecule has 128 valence electrons. The van der Waals surface area contributed by atoms with Crippen molar-refractivity contribution < 1.29 is 27.4 Å². The van der Waals surface area contributed by atoms with Gasteiger partial charge in [0.15, 0.2) is 0 Å². The van der Waals surface area contributed by atoms with Crippen molar-refractivity contribution >= 4 is 17.2 Å². The topological polar surface area (TPSA) is 29.5 Å². The van der Waals surface area contributed by atoms with E-state index in [1.54, 1.807) is 0 Å². The van der Waals surface area contributed by atoms with Gasteiger partial charge in [-0.1, -0.05) is 35.9 Å². The number of ether oxygens (including phenoxy) is 1. The Bertz CT molecular complexity index is 722. The molecule has 0 aliphatic rings. The Balaban J connectivity index is 2.51. The smallest absolute Gasteiger partial charge is 0.419 e. The second-order valence-corrected chi connectivity index (χ2v) is 5.34. The molecule has 0 aromatic heterocycles. The average molecular weight is 361 g/mol. The van der Waals surface area contributed by atoms with Crippen molar-refractivity contribution in [2.75, 3.05) is 7.11 Å². The molecular formula is C17H13ClF4O2. The predicted molar refractivity (Wildman–Crippen MR) is 83.5 cm³/mol. The molecule has 1 atom stereocenters. The molecule has 2 rings (SSSR count). The number of aliphatic hydroxyl groups excluding tert-OH is 1. The molecule has 1 N–H and O–H groups in total. The summed E-state index contributed by atoms with van der Waals surface area (Å²) in [6, 6.07) is 9.95. The summed E-state index contributed by atoms with van der Waals surface area (Å²) < 4.78 is 59.3. The van der Waals surface area contributed by atoms with Crippen molar-refractivity contribution in [3.8, 4) is 5.75 Å². The number of hydrogen-bond donors (Lipinski definition) is 1. The van der Waals surface area contributed by atoms with E-state index < -0.39 is 29.2 Å². The highest BCUT2D eigenvalue weighted by Gasteiger charge is 2.40. The number of allylic oxidation sites excluding steroid dienone is 1. The minimum absolute atomic E-state index is 0.0350. The summed E-state index contributed by atoms with van der Waals surface area (Å²) in [5, 5.41) is 10.3. The molecule has 0 saturated carbocycles. The molecule has 0 bridgehead atoms. The highest BCUT2D eigenvalue weighted by molar-refractivity contribution is 6.30. The maximum absolute atomic E-state index is 14.5. The highest BCUT2D eigenvalue weighted by Crippen LogP contribution is 2.41. The molecule has 2 aromatic rings. The molecule has 0 fully saturated rings. The lowest BCUT2D eigenvalue weighted by Gasteiger charge is -2.17. The third-order valence-corrected chi connectivity index (χ3v) is 3.58. The fourth-order valence-electron chi connectivity index (χ4n) is 2.12. The lowest BCUT2D eigenvalue weighted by atomic mass is 9.99. The Labute approximate surface area is 140 Å². The number of methoxy groups -OCH3 is 1. The van der Waals surface area contributed by atoms with Gasteiger partial charge in [-0.05, 0) is 35.4 Å². The standard InChI is InChI=1S/C17H13ClF4O2/c1-24-13-8-4-10(5-9-13)14(17(20,21)22)15(19)16(23)11-2-6-12(18)7-3-11/h2-9,16,23H,1H3/b15-14+. The van der Waals surface area contributed by atoms with Crippen molar-refractivity contribution in [3.63, 3.8) is 0 Å². The molecule has 1 unspecified atom stereocenters. The summed E-state index contributed by atoms with van der Waals surface area (Å²) in [5.74, 6) is -1.35. The molecule has 2 aromatic carbocycles. The number of benzene rings is 2. The summed E-state index contributed by atoms with van der Waals surface area (Å²) in [5.41, 5.74) is -1.98. The number of hydrogen-bond acceptors (Lipinski definition) is 2. The largest absolute Gasteiger partial charge is 0.497 e. The first-order valence-corrected chi connectivity index (χ1v) is 7.16. The van der Waals surface area contributed by atoms with E-state index in [0.717, 1.165) is 12.1 Å². The summed E-state index contributed by atoms with van der Waals surface area (Å²) in [7, 11) is 1.36. The van der Waals surface area contributed by atoms with E-state index in [2.05, 4.69) is 0 Å². The SMILES string of the molecule is COc1ccc(/C(=C(\F)C(O)c2ccc(Cl)cc2)C(F)(F)F)cc1. The second kappa shape index (κ2) is 7.23. The molecule has 0 heterocycles. The van der Waals surface area contributed by atoms with Crippen LogP contribution in [0.5, 0.6) is 5.75 Å². The molecule has 0 aliphatic heterocycles. The van der Waals surface area contributed by atoms with E-state index in [9.17, 15) is 22.7 Å². The van der Waals surface area contributed by atoms with Gasteiger partial charge in [0.05, 0.1) is 12.7 Å². The van der Waals surface area contributed by atoms with Crippen LogP contribution in [-0.4, -0.2) is 18.4 Å². The Hall–Kier alpha value is -2.05. The van der Waals surface area contributed by atoms with Gasteiger partial charge in [0, 0.05) is 5.02 Å². The van der Waals surface area contributed by atoms with Crippen molar-refractivity contribution in [1.29, 1.82) is 0 Å². The zero-order chi connectivity index (χ0) is 17.9. The molecule has 0 spiro atoms. The summed E-state index contributed by atoms with van der Waals surface area (Å²) in [4.78, 5) is 0. The first kappa shape index (κ1) is 18.3. The molecule has 2 nitrogen and oxygen atoms in total. The molecule has 0 saturated heterocycles. The molecule has 0 amide bonds. The molecule has 24 heavy (non-hydrogen) atoms. The number of halogens is 5. The molecule has 0 radical (unpaired) electrons. The first-order valence-electron chi connectivity index (χ1n) is 6.79. The zero-order valence-corrected chi connectivity index (χ0v) is 13.2. The quantitative estimate of drug-likeness (QED) is 0.747. The fraction of sp³-hybridized carbons (Fsp3) is 0.176. The van der Waals surface area contributed by atoms with Crippen LogP contribution >= 0.6 is 11.6 Å².